The summed E-state index contributed by atoms with van der Waals surface area (Å²) in [5.74, 6) is 0.852. The largest absolute Gasteiger partial charge is 0.497 e. The highest BCUT2D eigenvalue weighted by Crippen LogP contribution is 2.64. The first kappa shape index (κ1) is 13.8. The van der Waals surface area contributed by atoms with Gasteiger partial charge in [0.15, 0.2) is 6.29 Å². The first-order valence-corrected chi connectivity index (χ1v) is 7.99. The van der Waals surface area contributed by atoms with Gasteiger partial charge in [-0.3, -0.25) is 0 Å². The number of carbonyl (C=O) groups excluding carboxylic acids is 1. The average Bonchev–Trinajstić information content (AvgIpc) is 3.10. The van der Waals surface area contributed by atoms with Crippen LogP contribution in [0.3, 0.4) is 0 Å². The number of ether oxygens (including phenoxy) is 5. The van der Waals surface area contributed by atoms with Crippen molar-refractivity contribution in [2.24, 2.45) is 11.8 Å². The fraction of sp³-hybridized carbons (Fsp3) is 0.588. The summed E-state index contributed by atoms with van der Waals surface area (Å²) in [6.45, 7) is 1.19. The van der Waals surface area contributed by atoms with E-state index in [1.807, 2.05) is 0 Å². The molecule has 0 aromatic heterocycles. The molecule has 1 aromatic rings. The van der Waals surface area contributed by atoms with E-state index in [1.54, 1.807) is 31.4 Å². The molecule has 4 fully saturated rings. The second-order valence-corrected chi connectivity index (χ2v) is 6.62. The lowest BCUT2D eigenvalue weighted by Crippen LogP contribution is -2.41. The summed E-state index contributed by atoms with van der Waals surface area (Å²) >= 11 is 0. The molecule has 4 aliphatic rings. The van der Waals surface area contributed by atoms with E-state index in [0.717, 1.165) is 6.42 Å². The van der Waals surface area contributed by atoms with E-state index in [2.05, 4.69) is 0 Å². The maximum atomic E-state index is 12.5. The van der Waals surface area contributed by atoms with E-state index in [9.17, 15) is 4.79 Å². The summed E-state index contributed by atoms with van der Waals surface area (Å²) in [6, 6.07) is 6.95. The van der Waals surface area contributed by atoms with Crippen molar-refractivity contribution in [3.8, 4) is 5.75 Å². The standard InChI is InChI=1S/C17H18O6/c1-19-10-4-2-9(3-5-10)15(18)22-13-11-6-7-20-16-12(11)17(8-21-16)14(13)23-17/h2-5,11-14,16H,6-8H2,1H3/t11-,12-,13?,14+,16?,17?/m1/s1. The van der Waals surface area contributed by atoms with Gasteiger partial charge >= 0.3 is 5.97 Å². The van der Waals surface area contributed by atoms with Crippen LogP contribution >= 0.6 is 0 Å². The van der Waals surface area contributed by atoms with Crippen molar-refractivity contribution >= 4 is 5.97 Å². The summed E-state index contributed by atoms with van der Waals surface area (Å²) in [6.07, 6.45) is 0.423. The summed E-state index contributed by atoms with van der Waals surface area (Å²) in [5, 5.41) is 0. The van der Waals surface area contributed by atoms with Crippen LogP contribution in [0.25, 0.3) is 0 Å². The molecule has 0 N–H and O–H groups in total. The quantitative estimate of drug-likeness (QED) is 0.620. The van der Waals surface area contributed by atoms with E-state index < -0.39 is 0 Å². The number of rotatable bonds is 3. The SMILES string of the molecule is COc1ccc(C(=O)OC2[C@@H]3CCOC4OCC5(O[C@@H]25)[C@@H]43)cc1. The Morgan fingerprint density at radius 2 is 2.09 bits per heavy atom. The van der Waals surface area contributed by atoms with Crippen LogP contribution in [-0.2, 0) is 18.9 Å². The van der Waals surface area contributed by atoms with Crippen molar-refractivity contribution in [2.45, 2.75) is 30.5 Å². The minimum atomic E-state index is -0.313. The summed E-state index contributed by atoms with van der Waals surface area (Å²) < 4.78 is 28.2. The van der Waals surface area contributed by atoms with Crippen LogP contribution in [0, 0.1) is 11.8 Å². The van der Waals surface area contributed by atoms with Crippen LogP contribution in [0.1, 0.15) is 16.8 Å². The van der Waals surface area contributed by atoms with E-state index in [-0.39, 0.29) is 41.9 Å². The smallest absolute Gasteiger partial charge is 0.338 e. The minimum Gasteiger partial charge on any atom is -0.497 e. The van der Waals surface area contributed by atoms with Crippen molar-refractivity contribution < 1.29 is 28.5 Å². The molecular formula is C17H18O6. The number of epoxide rings is 1. The predicted octanol–water partition coefficient (Wildman–Crippen LogP) is 1.38. The third-order valence-electron chi connectivity index (χ3n) is 5.59. The Hall–Kier alpha value is -1.63. The molecule has 1 aromatic carbocycles. The molecule has 3 unspecified atom stereocenters. The van der Waals surface area contributed by atoms with Crippen molar-refractivity contribution in [1.29, 1.82) is 0 Å². The van der Waals surface area contributed by atoms with Gasteiger partial charge in [0, 0.05) is 5.92 Å². The van der Waals surface area contributed by atoms with E-state index in [4.69, 9.17) is 23.7 Å². The molecule has 3 aliphatic heterocycles. The van der Waals surface area contributed by atoms with Crippen LogP contribution in [0.2, 0.25) is 0 Å². The average molecular weight is 318 g/mol. The number of carbonyl (C=O) groups is 1. The first-order valence-electron chi connectivity index (χ1n) is 7.99. The van der Waals surface area contributed by atoms with E-state index >= 15 is 0 Å². The number of hydrogen-bond donors (Lipinski definition) is 0. The zero-order chi connectivity index (χ0) is 15.6. The van der Waals surface area contributed by atoms with Gasteiger partial charge in [0.05, 0.1) is 31.8 Å². The van der Waals surface area contributed by atoms with Gasteiger partial charge in [-0.25, -0.2) is 4.79 Å². The minimum absolute atomic E-state index is 0.0496. The van der Waals surface area contributed by atoms with Crippen molar-refractivity contribution in [2.75, 3.05) is 20.3 Å². The summed E-state index contributed by atoms with van der Waals surface area (Å²) in [5.41, 5.74) is 0.248. The molecule has 1 aliphatic carbocycles. The molecule has 0 radical (unpaired) electrons. The molecular weight excluding hydrogens is 300 g/mol. The van der Waals surface area contributed by atoms with Gasteiger partial charge in [-0.05, 0) is 30.7 Å². The Morgan fingerprint density at radius 1 is 1.26 bits per heavy atom. The Labute approximate surface area is 133 Å². The number of benzene rings is 1. The zero-order valence-electron chi connectivity index (χ0n) is 12.8. The molecule has 6 nitrogen and oxygen atoms in total. The second kappa shape index (κ2) is 4.69. The highest BCUT2D eigenvalue weighted by Gasteiger charge is 2.80. The van der Waals surface area contributed by atoms with Gasteiger partial charge in [-0.15, -0.1) is 0 Å². The van der Waals surface area contributed by atoms with Crippen molar-refractivity contribution in [3.63, 3.8) is 0 Å². The van der Waals surface area contributed by atoms with Gasteiger partial charge in [-0.2, -0.15) is 0 Å². The third kappa shape index (κ3) is 1.83. The molecule has 5 rings (SSSR count). The second-order valence-electron chi connectivity index (χ2n) is 6.62. The zero-order valence-corrected chi connectivity index (χ0v) is 12.8. The Kier molecular flexibility index (Phi) is 2.81. The number of esters is 1. The lowest BCUT2D eigenvalue weighted by Gasteiger charge is -2.34. The summed E-state index contributed by atoms with van der Waals surface area (Å²) in [7, 11) is 1.60. The fourth-order valence-electron chi connectivity index (χ4n) is 4.45. The lowest BCUT2D eigenvalue weighted by atomic mass is 9.85. The third-order valence-corrected chi connectivity index (χ3v) is 5.59. The first-order chi connectivity index (χ1) is 11.2. The molecule has 6 atom stereocenters. The monoisotopic (exact) mass is 318 g/mol. The Balaban J connectivity index is 1.35. The van der Waals surface area contributed by atoms with Gasteiger partial charge in [0.25, 0.3) is 0 Å². The number of methoxy groups -OCH3 is 1. The van der Waals surface area contributed by atoms with E-state index in [0.29, 0.717) is 24.5 Å². The van der Waals surface area contributed by atoms with E-state index in [1.165, 1.54) is 0 Å². The van der Waals surface area contributed by atoms with Gasteiger partial charge in [-0.1, -0.05) is 0 Å². The molecule has 23 heavy (non-hydrogen) atoms. The molecule has 0 amide bonds. The maximum Gasteiger partial charge on any atom is 0.338 e. The van der Waals surface area contributed by atoms with Crippen LogP contribution < -0.4 is 4.74 Å². The van der Waals surface area contributed by atoms with Crippen LogP contribution in [0.15, 0.2) is 24.3 Å². The molecule has 3 saturated heterocycles. The Morgan fingerprint density at radius 3 is 2.87 bits per heavy atom. The molecule has 1 saturated carbocycles. The van der Waals surface area contributed by atoms with Gasteiger partial charge in [0.1, 0.15) is 23.6 Å². The molecule has 6 heteroatoms. The maximum absolute atomic E-state index is 12.5. The van der Waals surface area contributed by atoms with Gasteiger partial charge < -0.3 is 23.7 Å². The Bertz CT molecular complexity index is 643. The highest BCUT2D eigenvalue weighted by atomic mass is 16.7. The highest BCUT2D eigenvalue weighted by molar-refractivity contribution is 5.89. The van der Waals surface area contributed by atoms with Crippen molar-refractivity contribution in [1.82, 2.24) is 0 Å². The van der Waals surface area contributed by atoms with Crippen LogP contribution in [0.5, 0.6) is 5.75 Å². The molecule has 1 spiro atoms. The predicted molar refractivity (Wildman–Crippen MR) is 77.1 cm³/mol. The lowest BCUT2D eigenvalue weighted by molar-refractivity contribution is -0.179. The normalized spacial score (nSPS) is 42.7. The van der Waals surface area contributed by atoms with Crippen LogP contribution in [0.4, 0.5) is 0 Å². The number of hydrogen-bond acceptors (Lipinski definition) is 6. The molecule has 0 bridgehead atoms. The summed E-state index contributed by atoms with van der Waals surface area (Å²) in [4.78, 5) is 12.5. The molecule has 122 valence electrons. The van der Waals surface area contributed by atoms with Crippen molar-refractivity contribution in [3.05, 3.63) is 29.8 Å². The van der Waals surface area contributed by atoms with Gasteiger partial charge in [0.2, 0.25) is 0 Å². The molecule has 3 heterocycles. The topological polar surface area (TPSA) is 66.5 Å². The van der Waals surface area contributed by atoms with Crippen LogP contribution in [-0.4, -0.2) is 50.4 Å². The fourth-order valence-corrected chi connectivity index (χ4v) is 4.45.